The molecule has 0 saturated heterocycles. The zero-order valence-corrected chi connectivity index (χ0v) is 11.3. The first-order valence-electron chi connectivity index (χ1n) is 5.93. The predicted octanol–water partition coefficient (Wildman–Crippen LogP) is 0.995. The van der Waals surface area contributed by atoms with Crippen LogP contribution in [0.4, 0.5) is 0 Å². The van der Waals surface area contributed by atoms with Gasteiger partial charge in [0, 0.05) is 23.2 Å². The Kier molecular flexibility index (Phi) is 6.60. The number of hydrogen-bond donors (Lipinski definition) is 2. The second kappa shape index (κ2) is 8.00. The molecule has 1 rings (SSSR count). The highest BCUT2D eigenvalue weighted by molar-refractivity contribution is 7.85. The van der Waals surface area contributed by atoms with Crippen molar-refractivity contribution < 1.29 is 14.1 Å². The Labute approximate surface area is 110 Å². The molecule has 0 fully saturated rings. The molecule has 5 heteroatoms. The average Bonchev–Trinajstić information content (AvgIpc) is 2.37. The van der Waals surface area contributed by atoms with Crippen LogP contribution < -0.4 is 5.32 Å². The number of benzene rings is 1. The first-order valence-corrected chi connectivity index (χ1v) is 7.42. The maximum Gasteiger partial charge on any atom is 0.233 e. The number of aliphatic hydroxyl groups is 1. The van der Waals surface area contributed by atoms with Crippen LogP contribution in [0.2, 0.25) is 0 Å². The highest BCUT2D eigenvalue weighted by Gasteiger charge is 2.11. The van der Waals surface area contributed by atoms with E-state index in [0.29, 0.717) is 12.2 Å². The van der Waals surface area contributed by atoms with Gasteiger partial charge in [-0.15, -0.1) is 0 Å². The molecule has 1 aromatic carbocycles. The molecule has 0 heterocycles. The average molecular weight is 269 g/mol. The summed E-state index contributed by atoms with van der Waals surface area (Å²) in [6.45, 7) is 1.90. The Morgan fingerprint density at radius 2 is 2.06 bits per heavy atom. The lowest BCUT2D eigenvalue weighted by atomic mass is 10.1. The molecule has 2 atom stereocenters. The molecule has 0 bridgehead atoms. The van der Waals surface area contributed by atoms with Gasteiger partial charge in [0.05, 0.1) is 6.04 Å². The van der Waals surface area contributed by atoms with Crippen LogP contribution in [0.5, 0.6) is 0 Å². The number of hydrogen-bond acceptors (Lipinski definition) is 3. The van der Waals surface area contributed by atoms with Crippen molar-refractivity contribution in [2.45, 2.75) is 19.4 Å². The lowest BCUT2D eigenvalue weighted by Crippen LogP contribution is -2.31. The Bertz CT molecular complexity index is 394. The Balaban J connectivity index is 2.38. The highest BCUT2D eigenvalue weighted by Crippen LogP contribution is 2.10. The van der Waals surface area contributed by atoms with Crippen molar-refractivity contribution in [3.63, 3.8) is 0 Å². The van der Waals surface area contributed by atoms with Gasteiger partial charge in [-0.2, -0.15) is 0 Å². The topological polar surface area (TPSA) is 66.4 Å². The second-order valence-electron chi connectivity index (χ2n) is 4.07. The zero-order valence-electron chi connectivity index (χ0n) is 10.5. The van der Waals surface area contributed by atoms with E-state index in [4.69, 9.17) is 5.11 Å². The Hall–Kier alpha value is -1.20. The quantitative estimate of drug-likeness (QED) is 0.776. The summed E-state index contributed by atoms with van der Waals surface area (Å²) in [6.07, 6.45) is 0.466. The maximum absolute atomic E-state index is 11.6. The van der Waals surface area contributed by atoms with Crippen LogP contribution in [0.3, 0.4) is 0 Å². The Morgan fingerprint density at radius 1 is 1.39 bits per heavy atom. The molecule has 0 aliphatic rings. The molecular weight excluding hydrogens is 250 g/mol. The third-order valence-corrected chi connectivity index (χ3v) is 3.83. The molecule has 2 N–H and O–H groups in total. The summed E-state index contributed by atoms with van der Waals surface area (Å²) in [5, 5.41) is 11.4. The molecule has 1 amide bonds. The Morgan fingerprint density at radius 3 is 2.67 bits per heavy atom. The number of amides is 1. The van der Waals surface area contributed by atoms with E-state index in [1.54, 1.807) is 0 Å². The highest BCUT2D eigenvalue weighted by atomic mass is 32.2. The van der Waals surface area contributed by atoms with Crippen LogP contribution in [0.15, 0.2) is 30.3 Å². The minimum atomic E-state index is -1.19. The van der Waals surface area contributed by atoms with Gasteiger partial charge >= 0.3 is 0 Å². The molecule has 100 valence electrons. The van der Waals surface area contributed by atoms with Gasteiger partial charge in [0.25, 0.3) is 0 Å². The molecular formula is C13H19NO3S. The first-order chi connectivity index (χ1) is 8.63. The monoisotopic (exact) mass is 269 g/mol. The third kappa shape index (κ3) is 5.42. The SMILES string of the molecule is CC(NC(=O)CS(=O)CCCO)c1ccccc1. The van der Waals surface area contributed by atoms with E-state index < -0.39 is 10.8 Å². The van der Waals surface area contributed by atoms with Gasteiger partial charge in [-0.3, -0.25) is 9.00 Å². The van der Waals surface area contributed by atoms with Crippen LogP contribution in [0, 0.1) is 0 Å². The van der Waals surface area contributed by atoms with E-state index in [9.17, 15) is 9.00 Å². The smallest absolute Gasteiger partial charge is 0.233 e. The summed E-state index contributed by atoms with van der Waals surface area (Å²) in [7, 11) is -1.19. The molecule has 1 aromatic rings. The zero-order chi connectivity index (χ0) is 13.4. The van der Waals surface area contributed by atoms with E-state index in [1.165, 1.54) is 0 Å². The van der Waals surface area contributed by atoms with Crippen molar-refractivity contribution in [1.82, 2.24) is 5.32 Å². The van der Waals surface area contributed by atoms with E-state index >= 15 is 0 Å². The van der Waals surface area contributed by atoms with Crippen LogP contribution in [0.25, 0.3) is 0 Å². The first kappa shape index (κ1) is 14.9. The van der Waals surface area contributed by atoms with Gasteiger partial charge in [-0.25, -0.2) is 0 Å². The lowest BCUT2D eigenvalue weighted by molar-refractivity contribution is -0.119. The van der Waals surface area contributed by atoms with Gasteiger partial charge in [0.15, 0.2) is 0 Å². The van der Waals surface area contributed by atoms with Crippen LogP contribution in [-0.2, 0) is 15.6 Å². The number of aliphatic hydroxyl groups excluding tert-OH is 1. The molecule has 4 nitrogen and oxygen atoms in total. The van der Waals surface area contributed by atoms with Crippen LogP contribution in [0.1, 0.15) is 24.9 Å². The van der Waals surface area contributed by atoms with Crippen molar-refractivity contribution in [1.29, 1.82) is 0 Å². The van der Waals surface area contributed by atoms with E-state index in [1.807, 2.05) is 37.3 Å². The van der Waals surface area contributed by atoms with Crippen molar-refractivity contribution in [3.8, 4) is 0 Å². The summed E-state index contributed by atoms with van der Waals surface area (Å²) in [5.74, 6) is 0.142. The number of nitrogens with one attached hydrogen (secondary N) is 1. The number of carbonyl (C=O) groups is 1. The fraction of sp³-hybridized carbons (Fsp3) is 0.462. The van der Waals surface area contributed by atoms with Crippen molar-refractivity contribution >= 4 is 16.7 Å². The van der Waals surface area contributed by atoms with Gasteiger partial charge in [-0.05, 0) is 18.9 Å². The molecule has 0 aromatic heterocycles. The predicted molar refractivity (Wildman–Crippen MR) is 72.6 cm³/mol. The number of carbonyl (C=O) groups excluding carboxylic acids is 1. The van der Waals surface area contributed by atoms with E-state index in [2.05, 4.69) is 5.32 Å². The summed E-state index contributed by atoms with van der Waals surface area (Å²) < 4.78 is 11.5. The summed E-state index contributed by atoms with van der Waals surface area (Å²) in [6, 6.07) is 9.53. The lowest BCUT2D eigenvalue weighted by Gasteiger charge is -2.14. The van der Waals surface area contributed by atoms with Crippen molar-refractivity contribution in [3.05, 3.63) is 35.9 Å². The fourth-order valence-corrected chi connectivity index (χ4v) is 2.52. The van der Waals surface area contributed by atoms with Gasteiger partial charge < -0.3 is 10.4 Å². The van der Waals surface area contributed by atoms with E-state index in [-0.39, 0.29) is 24.3 Å². The van der Waals surface area contributed by atoms with Crippen LogP contribution >= 0.6 is 0 Å². The van der Waals surface area contributed by atoms with Crippen molar-refractivity contribution in [2.24, 2.45) is 0 Å². The minimum Gasteiger partial charge on any atom is -0.396 e. The molecule has 0 aliphatic carbocycles. The molecule has 18 heavy (non-hydrogen) atoms. The minimum absolute atomic E-state index is 0.00280. The van der Waals surface area contributed by atoms with Gasteiger partial charge in [0.1, 0.15) is 5.75 Å². The van der Waals surface area contributed by atoms with Crippen LogP contribution in [-0.4, -0.2) is 33.3 Å². The molecule has 2 unspecified atom stereocenters. The third-order valence-electron chi connectivity index (χ3n) is 2.50. The standard InChI is InChI=1S/C13H19NO3S/c1-11(12-6-3-2-4-7-12)14-13(16)10-18(17)9-5-8-15/h2-4,6-7,11,15H,5,8-10H2,1H3,(H,14,16). The normalized spacial score (nSPS) is 13.9. The van der Waals surface area contributed by atoms with E-state index in [0.717, 1.165) is 5.56 Å². The van der Waals surface area contributed by atoms with Gasteiger partial charge in [-0.1, -0.05) is 30.3 Å². The molecule has 0 saturated carbocycles. The van der Waals surface area contributed by atoms with Crippen molar-refractivity contribution in [2.75, 3.05) is 18.1 Å². The summed E-state index contributed by atoms with van der Waals surface area (Å²) >= 11 is 0. The number of rotatable bonds is 7. The fourth-order valence-electron chi connectivity index (χ4n) is 1.55. The summed E-state index contributed by atoms with van der Waals surface area (Å²) in [5.41, 5.74) is 1.02. The molecule has 0 aliphatic heterocycles. The second-order valence-corrected chi connectivity index (χ2v) is 5.64. The largest absolute Gasteiger partial charge is 0.396 e. The molecule has 0 radical (unpaired) electrons. The maximum atomic E-state index is 11.6. The molecule has 0 spiro atoms. The summed E-state index contributed by atoms with van der Waals surface area (Å²) in [4.78, 5) is 11.6. The van der Waals surface area contributed by atoms with Gasteiger partial charge in [0.2, 0.25) is 5.91 Å².